The second kappa shape index (κ2) is 8.45. The summed E-state index contributed by atoms with van der Waals surface area (Å²) in [5, 5.41) is 14.9. The van der Waals surface area contributed by atoms with E-state index in [4.69, 9.17) is 21.7 Å². The molecule has 0 unspecified atom stereocenters. The molecule has 1 heterocycles. The highest BCUT2D eigenvalue weighted by Gasteiger charge is 2.06. The highest BCUT2D eigenvalue weighted by molar-refractivity contribution is 7.80. The first-order valence-electron chi connectivity index (χ1n) is 7.53. The van der Waals surface area contributed by atoms with Gasteiger partial charge in [0, 0.05) is 17.7 Å². The maximum atomic E-state index is 11.6. The Morgan fingerprint density at radius 2 is 1.96 bits per heavy atom. The third kappa shape index (κ3) is 5.19. The van der Waals surface area contributed by atoms with Gasteiger partial charge in [-0.05, 0) is 55.0 Å². The zero-order valence-corrected chi connectivity index (χ0v) is 13.8. The molecular formula is C17H20N2O3S. The van der Waals surface area contributed by atoms with Gasteiger partial charge in [0.15, 0.2) is 5.11 Å². The molecule has 0 fully saturated rings. The summed E-state index contributed by atoms with van der Waals surface area (Å²) in [6.07, 6.45) is 2.30. The lowest BCUT2D eigenvalue weighted by atomic mass is 10.1. The molecule has 6 heteroatoms. The fraction of sp³-hybridized carbons (Fsp3) is 0.294. The van der Waals surface area contributed by atoms with Crippen LogP contribution in [0.1, 0.15) is 31.9 Å². The van der Waals surface area contributed by atoms with Crippen molar-refractivity contribution in [3.63, 3.8) is 0 Å². The van der Waals surface area contributed by atoms with E-state index in [9.17, 15) is 4.79 Å². The van der Waals surface area contributed by atoms with Gasteiger partial charge in [-0.1, -0.05) is 13.3 Å². The Labute approximate surface area is 140 Å². The first-order valence-corrected chi connectivity index (χ1v) is 7.94. The molecule has 2 aromatic rings. The van der Waals surface area contributed by atoms with Crippen molar-refractivity contribution < 1.29 is 14.3 Å². The molecule has 3 N–H and O–H groups in total. The zero-order valence-electron chi connectivity index (χ0n) is 13.0. The molecule has 0 atom stereocenters. The molecule has 1 amide bonds. The fourth-order valence-corrected chi connectivity index (χ4v) is 2.26. The topological polar surface area (TPSA) is 74.5 Å². The normalized spacial score (nSPS) is 10.3. The summed E-state index contributed by atoms with van der Waals surface area (Å²) in [7, 11) is 0. The maximum Gasteiger partial charge on any atom is 0.226 e. The second-order valence-electron chi connectivity index (χ2n) is 5.11. The number of anilines is 1. The lowest BCUT2D eigenvalue weighted by Gasteiger charge is -2.09. The summed E-state index contributed by atoms with van der Waals surface area (Å²) in [4.78, 5) is 11.6. The van der Waals surface area contributed by atoms with Gasteiger partial charge < -0.3 is 20.2 Å². The van der Waals surface area contributed by atoms with E-state index in [1.165, 1.54) is 0 Å². The lowest BCUT2D eigenvalue weighted by Crippen LogP contribution is -2.33. The van der Waals surface area contributed by atoms with Gasteiger partial charge in [0.25, 0.3) is 0 Å². The van der Waals surface area contributed by atoms with E-state index < -0.39 is 0 Å². The van der Waals surface area contributed by atoms with E-state index in [1.54, 1.807) is 6.07 Å². The molecule has 122 valence electrons. The minimum absolute atomic E-state index is 0.0758. The number of hydrogen-bond acceptors (Lipinski definition) is 4. The molecule has 1 aromatic heterocycles. The van der Waals surface area contributed by atoms with Gasteiger partial charge in [0.2, 0.25) is 5.91 Å². The number of aliphatic hydroxyl groups excluding tert-OH is 1. The van der Waals surface area contributed by atoms with E-state index in [-0.39, 0.29) is 12.5 Å². The van der Waals surface area contributed by atoms with Crippen molar-refractivity contribution in [3.8, 4) is 11.3 Å². The van der Waals surface area contributed by atoms with Gasteiger partial charge in [0.05, 0.1) is 0 Å². The molecule has 0 spiro atoms. The third-order valence-corrected chi connectivity index (χ3v) is 3.46. The summed E-state index contributed by atoms with van der Waals surface area (Å²) < 4.78 is 5.48. The van der Waals surface area contributed by atoms with E-state index in [0.717, 1.165) is 24.1 Å². The molecule has 0 aliphatic carbocycles. The third-order valence-electron chi connectivity index (χ3n) is 3.26. The molecule has 5 nitrogen and oxygen atoms in total. The number of furan rings is 1. The zero-order chi connectivity index (χ0) is 16.7. The quantitative estimate of drug-likeness (QED) is 0.707. The molecule has 0 radical (unpaired) electrons. The van der Waals surface area contributed by atoms with Crippen molar-refractivity contribution in [1.82, 2.24) is 5.32 Å². The monoisotopic (exact) mass is 332 g/mol. The van der Waals surface area contributed by atoms with Crippen LogP contribution in [-0.4, -0.2) is 16.1 Å². The van der Waals surface area contributed by atoms with Crippen LogP contribution in [0.5, 0.6) is 0 Å². The fourth-order valence-electron chi connectivity index (χ4n) is 2.02. The Morgan fingerprint density at radius 3 is 2.57 bits per heavy atom. The average Bonchev–Trinajstić information content (AvgIpc) is 3.02. The van der Waals surface area contributed by atoms with Crippen LogP contribution in [0.3, 0.4) is 0 Å². The van der Waals surface area contributed by atoms with Crippen LogP contribution in [0, 0.1) is 0 Å². The predicted octanol–water partition coefficient (Wildman–Crippen LogP) is 3.44. The highest BCUT2D eigenvalue weighted by atomic mass is 32.1. The number of benzene rings is 1. The average molecular weight is 332 g/mol. The van der Waals surface area contributed by atoms with Gasteiger partial charge in [-0.3, -0.25) is 4.79 Å². The van der Waals surface area contributed by atoms with Crippen LogP contribution in [-0.2, 0) is 11.4 Å². The summed E-state index contributed by atoms with van der Waals surface area (Å²) in [5.74, 6) is 1.14. The minimum atomic E-state index is -0.119. The Morgan fingerprint density at radius 1 is 1.22 bits per heavy atom. The summed E-state index contributed by atoms with van der Waals surface area (Å²) in [6.45, 7) is 1.92. The molecule has 0 saturated heterocycles. The number of hydrogen-bond donors (Lipinski definition) is 3. The predicted molar refractivity (Wildman–Crippen MR) is 94.0 cm³/mol. The van der Waals surface area contributed by atoms with E-state index in [1.807, 2.05) is 37.3 Å². The number of carbonyl (C=O) groups is 1. The Balaban J connectivity index is 1.92. The summed E-state index contributed by atoms with van der Waals surface area (Å²) in [5.41, 5.74) is 1.68. The van der Waals surface area contributed by atoms with E-state index in [0.29, 0.717) is 23.1 Å². The largest absolute Gasteiger partial charge is 0.459 e. The van der Waals surface area contributed by atoms with Crippen LogP contribution < -0.4 is 10.6 Å². The van der Waals surface area contributed by atoms with Crippen LogP contribution in [0.25, 0.3) is 11.3 Å². The standard InChI is InChI=1S/C17H20N2O3S/c1-2-3-4-16(21)19-17(23)18-13-7-5-12(6-8-13)15-10-9-14(11-20)22-15/h5-10,20H,2-4,11H2,1H3,(H2,18,19,21,23). The number of nitrogens with one attached hydrogen (secondary N) is 2. The molecule has 0 bridgehead atoms. The molecule has 1 aromatic carbocycles. The van der Waals surface area contributed by atoms with Crippen molar-refractivity contribution in [2.24, 2.45) is 0 Å². The summed E-state index contributed by atoms with van der Waals surface area (Å²) >= 11 is 5.12. The van der Waals surface area contributed by atoms with E-state index in [2.05, 4.69) is 10.6 Å². The first kappa shape index (κ1) is 17.2. The van der Waals surface area contributed by atoms with Crippen molar-refractivity contribution in [2.75, 3.05) is 5.32 Å². The Hall–Kier alpha value is -2.18. The molecule has 0 saturated carbocycles. The minimum Gasteiger partial charge on any atom is -0.459 e. The number of amides is 1. The summed E-state index contributed by atoms with van der Waals surface area (Å²) in [6, 6.07) is 11.0. The second-order valence-corrected chi connectivity index (χ2v) is 5.52. The number of rotatable bonds is 6. The Bertz CT molecular complexity index is 665. The number of unbranched alkanes of at least 4 members (excludes halogenated alkanes) is 1. The Kier molecular flexibility index (Phi) is 6.31. The smallest absolute Gasteiger partial charge is 0.226 e. The van der Waals surface area contributed by atoms with Crippen LogP contribution in [0.15, 0.2) is 40.8 Å². The molecule has 23 heavy (non-hydrogen) atoms. The van der Waals surface area contributed by atoms with Crippen molar-refractivity contribution in [1.29, 1.82) is 0 Å². The molecular weight excluding hydrogens is 312 g/mol. The van der Waals surface area contributed by atoms with Gasteiger partial charge in [0.1, 0.15) is 18.1 Å². The van der Waals surface area contributed by atoms with Crippen LogP contribution >= 0.6 is 12.2 Å². The SMILES string of the molecule is CCCCC(=O)NC(=S)Nc1ccc(-c2ccc(CO)o2)cc1. The maximum absolute atomic E-state index is 11.6. The van der Waals surface area contributed by atoms with Crippen molar-refractivity contribution in [2.45, 2.75) is 32.8 Å². The van der Waals surface area contributed by atoms with Gasteiger partial charge in [-0.15, -0.1) is 0 Å². The van der Waals surface area contributed by atoms with Gasteiger partial charge >= 0.3 is 0 Å². The molecule has 0 aliphatic rings. The van der Waals surface area contributed by atoms with E-state index >= 15 is 0 Å². The molecule has 0 aliphatic heterocycles. The molecule has 2 rings (SSSR count). The van der Waals surface area contributed by atoms with Crippen molar-refractivity contribution in [3.05, 3.63) is 42.2 Å². The van der Waals surface area contributed by atoms with Crippen molar-refractivity contribution >= 4 is 28.9 Å². The lowest BCUT2D eigenvalue weighted by molar-refractivity contribution is -0.119. The van der Waals surface area contributed by atoms with Crippen LogP contribution in [0.4, 0.5) is 5.69 Å². The van der Waals surface area contributed by atoms with Gasteiger partial charge in [-0.2, -0.15) is 0 Å². The number of carbonyl (C=O) groups excluding carboxylic acids is 1. The highest BCUT2D eigenvalue weighted by Crippen LogP contribution is 2.23. The van der Waals surface area contributed by atoms with Crippen LogP contribution in [0.2, 0.25) is 0 Å². The first-order chi connectivity index (χ1) is 11.1. The van der Waals surface area contributed by atoms with Gasteiger partial charge in [-0.25, -0.2) is 0 Å². The number of aliphatic hydroxyl groups is 1. The number of thiocarbonyl (C=S) groups is 1.